The van der Waals surface area contributed by atoms with Crippen molar-refractivity contribution in [3.63, 3.8) is 0 Å². The maximum Gasteiger partial charge on any atom is 0.119 e. The molecule has 0 spiro atoms. The van der Waals surface area contributed by atoms with Crippen LogP contribution in [0.3, 0.4) is 0 Å². The molecule has 0 radical (unpaired) electrons. The van der Waals surface area contributed by atoms with Crippen molar-refractivity contribution < 1.29 is 4.74 Å². The molecule has 1 N–H and O–H groups in total. The average Bonchev–Trinajstić information content (AvgIpc) is 2.48. The van der Waals surface area contributed by atoms with Gasteiger partial charge in [-0.1, -0.05) is 18.9 Å². The predicted molar refractivity (Wildman–Crippen MR) is 83.4 cm³/mol. The molecule has 1 saturated heterocycles. The van der Waals surface area contributed by atoms with Gasteiger partial charge in [-0.3, -0.25) is 0 Å². The molecule has 0 amide bonds. The third-order valence-electron chi connectivity index (χ3n) is 5.72. The van der Waals surface area contributed by atoms with E-state index >= 15 is 0 Å². The number of fused-ring (bicyclic) bond motifs is 1. The smallest absolute Gasteiger partial charge is 0.119 e. The maximum atomic E-state index is 5.49. The van der Waals surface area contributed by atoms with Crippen LogP contribution in [0.15, 0.2) is 18.2 Å². The molecule has 3 rings (SSSR count). The molecule has 110 valence electrons. The molecule has 0 aromatic heterocycles. The number of benzene rings is 1. The maximum absolute atomic E-state index is 5.49. The molecule has 20 heavy (non-hydrogen) atoms. The molecular weight excluding hydrogens is 246 g/mol. The van der Waals surface area contributed by atoms with E-state index < -0.39 is 0 Å². The molecule has 0 bridgehead atoms. The molecule has 2 heteroatoms. The van der Waals surface area contributed by atoms with Crippen molar-refractivity contribution in [2.24, 2.45) is 5.92 Å². The Hall–Kier alpha value is -1.02. The summed E-state index contributed by atoms with van der Waals surface area (Å²) in [7, 11) is 1.77. The standard InChI is InChI=1S/C18H27NO/c1-13-7-8-15(20-3)12-17(13)18-9-5-4-6-16(18)14(2)19-11-10-18/h7-8,12,14,16,19H,4-6,9-11H2,1-3H3. The first-order chi connectivity index (χ1) is 9.67. The van der Waals surface area contributed by atoms with Crippen molar-refractivity contribution in [1.82, 2.24) is 5.32 Å². The summed E-state index contributed by atoms with van der Waals surface area (Å²) in [4.78, 5) is 0. The van der Waals surface area contributed by atoms with E-state index in [0.717, 1.165) is 18.2 Å². The fraction of sp³-hybridized carbons (Fsp3) is 0.667. The lowest BCUT2D eigenvalue weighted by atomic mass is 9.56. The fourth-order valence-electron chi connectivity index (χ4n) is 4.70. The van der Waals surface area contributed by atoms with Crippen molar-refractivity contribution >= 4 is 0 Å². The Morgan fingerprint density at radius 2 is 2.10 bits per heavy atom. The average molecular weight is 273 g/mol. The summed E-state index contributed by atoms with van der Waals surface area (Å²) in [5.74, 6) is 1.78. The Morgan fingerprint density at radius 3 is 2.90 bits per heavy atom. The van der Waals surface area contributed by atoms with Gasteiger partial charge < -0.3 is 10.1 Å². The van der Waals surface area contributed by atoms with Gasteiger partial charge in [-0.25, -0.2) is 0 Å². The van der Waals surface area contributed by atoms with Crippen LogP contribution in [0, 0.1) is 12.8 Å². The highest BCUT2D eigenvalue weighted by Gasteiger charge is 2.47. The Bertz CT molecular complexity index is 480. The van der Waals surface area contributed by atoms with Crippen LogP contribution in [-0.4, -0.2) is 19.7 Å². The van der Waals surface area contributed by atoms with Crippen molar-refractivity contribution in [3.8, 4) is 5.75 Å². The van der Waals surface area contributed by atoms with Gasteiger partial charge in [-0.2, -0.15) is 0 Å². The molecule has 3 atom stereocenters. The van der Waals surface area contributed by atoms with E-state index in [1.54, 1.807) is 12.7 Å². The summed E-state index contributed by atoms with van der Waals surface area (Å²) in [6, 6.07) is 7.28. The largest absolute Gasteiger partial charge is 0.497 e. The molecule has 2 nitrogen and oxygen atoms in total. The highest BCUT2D eigenvalue weighted by Crippen LogP contribution is 2.50. The van der Waals surface area contributed by atoms with Gasteiger partial charge in [0.1, 0.15) is 5.75 Å². The molecule has 1 saturated carbocycles. The Kier molecular flexibility index (Phi) is 3.76. The molecule has 1 aliphatic carbocycles. The monoisotopic (exact) mass is 273 g/mol. The van der Waals surface area contributed by atoms with Gasteiger partial charge in [-0.15, -0.1) is 0 Å². The molecule has 1 aromatic rings. The minimum absolute atomic E-state index is 0.377. The summed E-state index contributed by atoms with van der Waals surface area (Å²) < 4.78 is 5.49. The third kappa shape index (κ3) is 2.14. The van der Waals surface area contributed by atoms with Gasteiger partial charge in [0.2, 0.25) is 0 Å². The van der Waals surface area contributed by atoms with E-state index in [4.69, 9.17) is 4.74 Å². The normalized spacial score (nSPS) is 33.5. The Labute approximate surface area is 122 Å². The second-order valence-electron chi connectivity index (χ2n) is 6.68. The Morgan fingerprint density at radius 1 is 1.25 bits per heavy atom. The third-order valence-corrected chi connectivity index (χ3v) is 5.72. The molecule has 3 unspecified atom stereocenters. The van der Waals surface area contributed by atoms with Crippen LogP contribution in [0.2, 0.25) is 0 Å². The van der Waals surface area contributed by atoms with Crippen molar-refractivity contribution in [2.75, 3.05) is 13.7 Å². The summed E-state index contributed by atoms with van der Waals surface area (Å²) in [5.41, 5.74) is 3.36. The van der Waals surface area contributed by atoms with E-state index in [9.17, 15) is 0 Å². The zero-order chi connectivity index (χ0) is 14.2. The quantitative estimate of drug-likeness (QED) is 0.884. The minimum Gasteiger partial charge on any atom is -0.497 e. The highest BCUT2D eigenvalue weighted by molar-refractivity contribution is 5.41. The lowest BCUT2D eigenvalue weighted by Crippen LogP contribution is -2.54. The van der Waals surface area contributed by atoms with Crippen molar-refractivity contribution in [3.05, 3.63) is 29.3 Å². The predicted octanol–water partition coefficient (Wildman–Crippen LogP) is 3.81. The van der Waals surface area contributed by atoms with Crippen LogP contribution >= 0.6 is 0 Å². The number of rotatable bonds is 2. The Balaban J connectivity index is 2.08. The topological polar surface area (TPSA) is 21.3 Å². The summed E-state index contributed by atoms with van der Waals surface area (Å²) in [6.07, 6.45) is 6.75. The van der Waals surface area contributed by atoms with E-state index in [0.29, 0.717) is 11.5 Å². The zero-order valence-electron chi connectivity index (χ0n) is 13.0. The van der Waals surface area contributed by atoms with E-state index in [2.05, 4.69) is 37.4 Å². The molecule has 1 aromatic carbocycles. The minimum atomic E-state index is 0.377. The number of hydrogen-bond acceptors (Lipinski definition) is 2. The number of methoxy groups -OCH3 is 1. The van der Waals surface area contributed by atoms with Crippen LogP contribution in [0.5, 0.6) is 5.75 Å². The SMILES string of the molecule is COc1ccc(C)c(C23CCCCC2C(C)NCC3)c1. The fourth-order valence-corrected chi connectivity index (χ4v) is 4.70. The molecule has 2 aliphatic rings. The highest BCUT2D eigenvalue weighted by atomic mass is 16.5. The van der Waals surface area contributed by atoms with E-state index in [1.807, 2.05) is 0 Å². The van der Waals surface area contributed by atoms with Crippen LogP contribution < -0.4 is 10.1 Å². The van der Waals surface area contributed by atoms with Gasteiger partial charge in [0, 0.05) is 11.5 Å². The van der Waals surface area contributed by atoms with Crippen LogP contribution in [0.25, 0.3) is 0 Å². The van der Waals surface area contributed by atoms with Gasteiger partial charge in [0.25, 0.3) is 0 Å². The van der Waals surface area contributed by atoms with Crippen molar-refractivity contribution in [2.45, 2.75) is 57.4 Å². The summed E-state index contributed by atoms with van der Waals surface area (Å²) in [6.45, 7) is 5.79. The van der Waals surface area contributed by atoms with E-state index in [1.165, 1.54) is 37.7 Å². The lowest BCUT2D eigenvalue weighted by molar-refractivity contribution is 0.0998. The van der Waals surface area contributed by atoms with Gasteiger partial charge in [-0.05, 0) is 68.8 Å². The molecule has 1 aliphatic heterocycles. The van der Waals surface area contributed by atoms with Crippen LogP contribution in [-0.2, 0) is 5.41 Å². The lowest BCUT2D eigenvalue weighted by Gasteiger charge is -2.52. The van der Waals surface area contributed by atoms with Crippen LogP contribution in [0.4, 0.5) is 0 Å². The number of nitrogens with one attached hydrogen (secondary N) is 1. The van der Waals surface area contributed by atoms with Gasteiger partial charge >= 0.3 is 0 Å². The second-order valence-corrected chi connectivity index (χ2v) is 6.68. The first-order valence-corrected chi connectivity index (χ1v) is 8.06. The second kappa shape index (κ2) is 5.40. The number of aryl methyl sites for hydroxylation is 1. The molecule has 1 heterocycles. The van der Waals surface area contributed by atoms with Crippen molar-refractivity contribution in [1.29, 1.82) is 0 Å². The zero-order valence-corrected chi connectivity index (χ0v) is 13.0. The summed E-state index contributed by atoms with van der Waals surface area (Å²) in [5, 5.41) is 3.69. The first-order valence-electron chi connectivity index (χ1n) is 8.06. The van der Waals surface area contributed by atoms with Gasteiger partial charge in [0.05, 0.1) is 7.11 Å². The van der Waals surface area contributed by atoms with Gasteiger partial charge in [0.15, 0.2) is 0 Å². The summed E-state index contributed by atoms with van der Waals surface area (Å²) >= 11 is 0. The van der Waals surface area contributed by atoms with Crippen LogP contribution in [0.1, 0.15) is 50.2 Å². The molecular formula is C18H27NO. The number of piperidine rings is 1. The van der Waals surface area contributed by atoms with E-state index in [-0.39, 0.29) is 0 Å². The number of ether oxygens (including phenoxy) is 1. The first kappa shape index (κ1) is 13.9. The molecule has 2 fully saturated rings. The number of hydrogen-bond donors (Lipinski definition) is 1.